The van der Waals surface area contributed by atoms with Crippen molar-refractivity contribution >= 4 is 17.6 Å². The largest absolute Gasteiger partial charge is 0.481 e. The quantitative estimate of drug-likeness (QED) is 0.860. The van der Waals surface area contributed by atoms with Gasteiger partial charge in [0, 0.05) is 29.9 Å². The van der Waals surface area contributed by atoms with Crippen molar-refractivity contribution in [3.63, 3.8) is 0 Å². The van der Waals surface area contributed by atoms with E-state index in [-0.39, 0.29) is 12.5 Å². The SMILES string of the molecule is CC(CCC(=O)O)n1ccnc1C(O)c1ccc(Cl)cc1. The molecule has 0 bridgehead atoms. The molecule has 0 saturated carbocycles. The van der Waals surface area contributed by atoms with Gasteiger partial charge in [0.2, 0.25) is 0 Å². The number of aliphatic carboxylic acids is 1. The van der Waals surface area contributed by atoms with Crippen molar-refractivity contribution in [3.05, 3.63) is 53.1 Å². The average Bonchev–Trinajstić information content (AvgIpc) is 2.94. The maximum atomic E-state index is 10.7. The predicted molar refractivity (Wildman–Crippen MR) is 79.3 cm³/mol. The summed E-state index contributed by atoms with van der Waals surface area (Å²) in [5.41, 5.74) is 0.692. The molecule has 0 spiro atoms. The van der Waals surface area contributed by atoms with E-state index in [1.165, 1.54) is 0 Å². The molecule has 1 heterocycles. The molecule has 2 N–H and O–H groups in total. The monoisotopic (exact) mass is 308 g/mol. The van der Waals surface area contributed by atoms with Gasteiger partial charge in [-0.1, -0.05) is 23.7 Å². The van der Waals surface area contributed by atoms with E-state index in [2.05, 4.69) is 4.98 Å². The van der Waals surface area contributed by atoms with Crippen molar-refractivity contribution in [1.29, 1.82) is 0 Å². The summed E-state index contributed by atoms with van der Waals surface area (Å²) in [5.74, 6) is -0.336. The van der Waals surface area contributed by atoms with Gasteiger partial charge in [0.25, 0.3) is 0 Å². The van der Waals surface area contributed by atoms with Crippen LogP contribution < -0.4 is 0 Å². The fraction of sp³-hybridized carbons (Fsp3) is 0.333. The number of halogens is 1. The summed E-state index contributed by atoms with van der Waals surface area (Å²) in [4.78, 5) is 14.9. The molecule has 2 rings (SSSR count). The molecule has 0 saturated heterocycles. The number of carboxylic acids is 1. The summed E-state index contributed by atoms with van der Waals surface area (Å²) < 4.78 is 1.81. The molecule has 0 radical (unpaired) electrons. The number of aliphatic hydroxyl groups excluding tert-OH is 1. The first-order valence-electron chi connectivity index (χ1n) is 6.67. The molecule has 1 aromatic heterocycles. The Morgan fingerprint density at radius 1 is 1.38 bits per heavy atom. The third-order valence-corrected chi connectivity index (χ3v) is 3.63. The number of rotatable bonds is 6. The fourth-order valence-electron chi connectivity index (χ4n) is 2.17. The summed E-state index contributed by atoms with van der Waals surface area (Å²) in [7, 11) is 0. The summed E-state index contributed by atoms with van der Waals surface area (Å²) >= 11 is 5.84. The lowest BCUT2D eigenvalue weighted by atomic mass is 10.1. The van der Waals surface area contributed by atoms with E-state index in [1.54, 1.807) is 36.7 Å². The number of hydrogen-bond donors (Lipinski definition) is 2. The first-order valence-corrected chi connectivity index (χ1v) is 7.05. The highest BCUT2D eigenvalue weighted by Crippen LogP contribution is 2.25. The van der Waals surface area contributed by atoms with Crippen LogP contribution in [0.5, 0.6) is 0 Å². The third-order valence-electron chi connectivity index (χ3n) is 3.38. The van der Waals surface area contributed by atoms with E-state index in [4.69, 9.17) is 16.7 Å². The van der Waals surface area contributed by atoms with Crippen LogP contribution in [0.25, 0.3) is 0 Å². The second-order valence-corrected chi connectivity index (χ2v) is 5.36. The van der Waals surface area contributed by atoms with Crippen LogP contribution in [-0.2, 0) is 4.79 Å². The molecule has 0 aliphatic carbocycles. The molecular weight excluding hydrogens is 292 g/mol. The zero-order valence-corrected chi connectivity index (χ0v) is 12.4. The van der Waals surface area contributed by atoms with E-state index < -0.39 is 12.1 Å². The molecule has 21 heavy (non-hydrogen) atoms. The van der Waals surface area contributed by atoms with Crippen LogP contribution >= 0.6 is 11.6 Å². The van der Waals surface area contributed by atoms with Gasteiger partial charge in [-0.2, -0.15) is 0 Å². The molecule has 2 aromatic rings. The lowest BCUT2D eigenvalue weighted by Crippen LogP contribution is -2.14. The number of nitrogens with zero attached hydrogens (tertiary/aromatic N) is 2. The van der Waals surface area contributed by atoms with Gasteiger partial charge in [-0.3, -0.25) is 4.79 Å². The van der Waals surface area contributed by atoms with E-state index in [1.807, 2.05) is 11.5 Å². The zero-order valence-electron chi connectivity index (χ0n) is 11.6. The summed E-state index contributed by atoms with van der Waals surface area (Å²) in [6.45, 7) is 1.91. The lowest BCUT2D eigenvalue weighted by molar-refractivity contribution is -0.137. The predicted octanol–water partition coefficient (Wildman–Crippen LogP) is 3.04. The number of hydrogen-bond acceptors (Lipinski definition) is 3. The molecular formula is C15H17ClN2O3. The maximum absolute atomic E-state index is 10.7. The van der Waals surface area contributed by atoms with Crippen molar-refractivity contribution < 1.29 is 15.0 Å². The number of carboxylic acid groups (broad SMARTS) is 1. The Labute approximate surface area is 127 Å². The van der Waals surface area contributed by atoms with Crippen molar-refractivity contribution in [3.8, 4) is 0 Å². The van der Waals surface area contributed by atoms with Crippen LogP contribution in [-0.4, -0.2) is 25.7 Å². The van der Waals surface area contributed by atoms with Gasteiger partial charge in [-0.25, -0.2) is 4.98 Å². The summed E-state index contributed by atoms with van der Waals surface area (Å²) in [6, 6.07) is 6.85. The van der Waals surface area contributed by atoms with Crippen LogP contribution in [0.2, 0.25) is 5.02 Å². The minimum absolute atomic E-state index is 0.0550. The Balaban J connectivity index is 2.19. The Hall–Kier alpha value is -1.85. The second-order valence-electron chi connectivity index (χ2n) is 4.93. The minimum Gasteiger partial charge on any atom is -0.481 e. The first-order chi connectivity index (χ1) is 9.99. The maximum Gasteiger partial charge on any atom is 0.303 e. The average molecular weight is 309 g/mol. The number of benzene rings is 1. The van der Waals surface area contributed by atoms with Gasteiger partial charge in [0.1, 0.15) is 11.9 Å². The molecule has 2 atom stereocenters. The van der Waals surface area contributed by atoms with E-state index in [0.29, 0.717) is 22.8 Å². The van der Waals surface area contributed by atoms with E-state index in [0.717, 1.165) is 0 Å². The molecule has 0 aliphatic heterocycles. The minimum atomic E-state index is -0.871. The van der Waals surface area contributed by atoms with E-state index in [9.17, 15) is 9.90 Å². The van der Waals surface area contributed by atoms with Crippen LogP contribution in [0.1, 0.15) is 43.3 Å². The standard InChI is InChI=1S/C15H17ClN2O3/c1-10(2-7-13(19)20)18-9-8-17-15(18)14(21)11-3-5-12(16)6-4-11/h3-6,8-10,14,21H,2,7H2,1H3,(H,19,20). The van der Waals surface area contributed by atoms with Crippen molar-refractivity contribution in [2.75, 3.05) is 0 Å². The molecule has 5 nitrogen and oxygen atoms in total. The van der Waals surface area contributed by atoms with Gasteiger partial charge in [0.15, 0.2) is 0 Å². The summed E-state index contributed by atoms with van der Waals surface area (Å²) in [5, 5.41) is 19.8. The molecule has 2 unspecified atom stereocenters. The number of carbonyl (C=O) groups is 1. The summed E-state index contributed by atoms with van der Waals surface area (Å²) in [6.07, 6.45) is 3.04. The van der Waals surface area contributed by atoms with Gasteiger partial charge in [0.05, 0.1) is 0 Å². The highest BCUT2D eigenvalue weighted by molar-refractivity contribution is 6.30. The molecule has 112 valence electrons. The van der Waals surface area contributed by atoms with Crippen molar-refractivity contribution in [2.45, 2.75) is 31.9 Å². The Kier molecular flexibility index (Phi) is 4.98. The third kappa shape index (κ3) is 3.83. The molecule has 1 aromatic carbocycles. The normalized spacial score (nSPS) is 13.9. The molecule has 6 heteroatoms. The second kappa shape index (κ2) is 6.74. The van der Waals surface area contributed by atoms with Crippen molar-refractivity contribution in [1.82, 2.24) is 9.55 Å². The van der Waals surface area contributed by atoms with Crippen LogP contribution in [0.3, 0.4) is 0 Å². The Bertz CT molecular complexity index is 610. The van der Waals surface area contributed by atoms with Crippen LogP contribution in [0.15, 0.2) is 36.7 Å². The smallest absolute Gasteiger partial charge is 0.303 e. The van der Waals surface area contributed by atoms with Gasteiger partial charge in [-0.05, 0) is 31.0 Å². The Morgan fingerprint density at radius 3 is 2.67 bits per heavy atom. The highest BCUT2D eigenvalue weighted by Gasteiger charge is 2.19. The van der Waals surface area contributed by atoms with Gasteiger partial charge in [-0.15, -0.1) is 0 Å². The number of aliphatic hydroxyl groups is 1. The van der Waals surface area contributed by atoms with Gasteiger partial charge < -0.3 is 14.8 Å². The fourth-order valence-corrected chi connectivity index (χ4v) is 2.30. The topological polar surface area (TPSA) is 75.3 Å². The van der Waals surface area contributed by atoms with Crippen LogP contribution in [0.4, 0.5) is 0 Å². The first kappa shape index (κ1) is 15.5. The van der Waals surface area contributed by atoms with Crippen LogP contribution in [0, 0.1) is 0 Å². The van der Waals surface area contributed by atoms with Crippen molar-refractivity contribution in [2.24, 2.45) is 0 Å². The number of aromatic nitrogens is 2. The Morgan fingerprint density at radius 2 is 2.05 bits per heavy atom. The lowest BCUT2D eigenvalue weighted by Gasteiger charge is -2.19. The molecule has 0 amide bonds. The van der Waals surface area contributed by atoms with E-state index >= 15 is 0 Å². The number of imidazole rings is 1. The zero-order chi connectivity index (χ0) is 15.4. The molecule has 0 aliphatic rings. The highest BCUT2D eigenvalue weighted by atomic mass is 35.5. The molecule has 0 fully saturated rings. The van der Waals surface area contributed by atoms with Gasteiger partial charge >= 0.3 is 5.97 Å².